The molecule has 4 nitrogen and oxygen atoms in total. The summed E-state index contributed by atoms with van der Waals surface area (Å²) in [5.74, 6) is 0.658. The van der Waals surface area contributed by atoms with E-state index in [9.17, 15) is 9.59 Å². The Balaban J connectivity index is 1.69. The van der Waals surface area contributed by atoms with Gasteiger partial charge in [-0.1, -0.05) is 53.4 Å². The molecule has 0 fully saturated rings. The summed E-state index contributed by atoms with van der Waals surface area (Å²) in [6.45, 7) is 16.2. The number of fused-ring (bicyclic) bond motifs is 1. The summed E-state index contributed by atoms with van der Waals surface area (Å²) in [6, 6.07) is 13.5. The fourth-order valence-electron chi connectivity index (χ4n) is 4.47. The first-order valence-corrected chi connectivity index (χ1v) is 15.7. The highest BCUT2D eigenvalue weighted by molar-refractivity contribution is 6.76. The summed E-state index contributed by atoms with van der Waals surface area (Å²) in [6.07, 6.45) is 2.28. The molecule has 0 spiro atoms. The predicted octanol–water partition coefficient (Wildman–Crippen LogP) is 7.21. The molecule has 0 heterocycles. The Bertz CT molecular complexity index is 1000. The first-order valence-electron chi connectivity index (χ1n) is 12.0. The van der Waals surface area contributed by atoms with E-state index in [1.165, 1.54) is 11.1 Å². The van der Waals surface area contributed by atoms with Crippen LogP contribution in [0.2, 0.25) is 25.7 Å². The van der Waals surface area contributed by atoms with Gasteiger partial charge >= 0.3 is 11.9 Å². The zero-order chi connectivity index (χ0) is 24.4. The summed E-state index contributed by atoms with van der Waals surface area (Å²) in [5.41, 5.74) is 3.74. The molecule has 1 aliphatic carbocycles. The Morgan fingerprint density at radius 1 is 1.00 bits per heavy atom. The van der Waals surface area contributed by atoms with Crippen molar-refractivity contribution in [3.8, 4) is 5.75 Å². The second-order valence-corrected chi connectivity index (χ2v) is 17.1. The second-order valence-electron chi connectivity index (χ2n) is 11.4. The molecule has 33 heavy (non-hydrogen) atoms. The van der Waals surface area contributed by atoms with Gasteiger partial charge in [-0.3, -0.25) is 0 Å². The number of ether oxygens (including phenoxy) is 2. The van der Waals surface area contributed by atoms with Crippen molar-refractivity contribution in [2.45, 2.75) is 77.6 Å². The largest absolute Gasteiger partial charge is 0.462 e. The molecule has 3 rings (SSSR count). The van der Waals surface area contributed by atoms with Gasteiger partial charge in [0.05, 0.1) is 17.7 Å². The van der Waals surface area contributed by atoms with Gasteiger partial charge in [0.1, 0.15) is 5.75 Å². The maximum Gasteiger partial charge on any atom is 0.343 e. The number of rotatable bonds is 7. The van der Waals surface area contributed by atoms with E-state index in [4.69, 9.17) is 9.47 Å². The van der Waals surface area contributed by atoms with E-state index in [0.29, 0.717) is 35.3 Å². The Morgan fingerprint density at radius 3 is 2.24 bits per heavy atom. The van der Waals surface area contributed by atoms with Gasteiger partial charge in [0.15, 0.2) is 0 Å². The summed E-state index contributed by atoms with van der Waals surface area (Å²) in [5, 5.41) is 0. The van der Waals surface area contributed by atoms with Crippen molar-refractivity contribution in [1.29, 1.82) is 0 Å². The summed E-state index contributed by atoms with van der Waals surface area (Å²) < 4.78 is 11.0. The molecule has 0 saturated heterocycles. The van der Waals surface area contributed by atoms with E-state index in [-0.39, 0.29) is 17.4 Å². The van der Waals surface area contributed by atoms with Crippen LogP contribution in [0, 0.1) is 5.92 Å². The predicted molar refractivity (Wildman–Crippen MR) is 136 cm³/mol. The molecule has 1 unspecified atom stereocenters. The molecule has 1 atom stereocenters. The number of hydrogen-bond donors (Lipinski definition) is 0. The number of benzene rings is 2. The monoisotopic (exact) mass is 466 g/mol. The molecule has 0 saturated carbocycles. The molecule has 0 N–H and O–H groups in total. The van der Waals surface area contributed by atoms with Crippen LogP contribution < -0.4 is 4.74 Å². The molecule has 1 aliphatic rings. The number of esters is 2. The van der Waals surface area contributed by atoms with Crippen LogP contribution in [0.5, 0.6) is 5.75 Å². The van der Waals surface area contributed by atoms with Gasteiger partial charge in [0.2, 0.25) is 0 Å². The van der Waals surface area contributed by atoms with Crippen molar-refractivity contribution in [3.63, 3.8) is 0 Å². The van der Waals surface area contributed by atoms with E-state index >= 15 is 0 Å². The lowest BCUT2D eigenvalue weighted by atomic mass is 9.66. The molecular formula is C28H38O4Si. The normalized spacial score (nSPS) is 17.4. The van der Waals surface area contributed by atoms with Crippen LogP contribution in [0.25, 0.3) is 0 Å². The van der Waals surface area contributed by atoms with Crippen LogP contribution in [-0.2, 0) is 10.2 Å². The van der Waals surface area contributed by atoms with Crippen molar-refractivity contribution < 1.29 is 19.1 Å². The van der Waals surface area contributed by atoms with Crippen LogP contribution in [0.15, 0.2) is 42.5 Å². The minimum Gasteiger partial charge on any atom is -0.462 e. The SMILES string of the molecule is CC(C)C1CCC(C)(C)c2ccc(C(=O)Oc3ccc(C(=O)OCC[Si](C)(C)C)cc3)cc21. The van der Waals surface area contributed by atoms with E-state index in [1.54, 1.807) is 24.3 Å². The number of hydrogen-bond acceptors (Lipinski definition) is 4. The van der Waals surface area contributed by atoms with Crippen molar-refractivity contribution in [2.24, 2.45) is 5.92 Å². The van der Waals surface area contributed by atoms with E-state index in [1.807, 2.05) is 12.1 Å². The Morgan fingerprint density at radius 2 is 1.64 bits per heavy atom. The van der Waals surface area contributed by atoms with Crippen molar-refractivity contribution in [2.75, 3.05) is 6.61 Å². The van der Waals surface area contributed by atoms with Gasteiger partial charge in [-0.05, 0) is 83.7 Å². The first kappa shape index (κ1) is 25.2. The Hall–Kier alpha value is -2.40. The average Bonchev–Trinajstić information content (AvgIpc) is 2.72. The third-order valence-electron chi connectivity index (χ3n) is 6.69. The molecule has 0 radical (unpaired) electrons. The summed E-state index contributed by atoms with van der Waals surface area (Å²) >= 11 is 0. The third kappa shape index (κ3) is 6.35. The lowest BCUT2D eigenvalue weighted by Gasteiger charge is -2.39. The molecule has 0 aliphatic heterocycles. The van der Waals surface area contributed by atoms with Crippen LogP contribution in [0.4, 0.5) is 0 Å². The molecule has 0 amide bonds. The number of carbonyl (C=O) groups excluding carboxylic acids is 2. The van der Waals surface area contributed by atoms with E-state index in [0.717, 1.165) is 18.9 Å². The fourth-order valence-corrected chi connectivity index (χ4v) is 5.18. The first-order chi connectivity index (χ1) is 15.4. The van der Waals surface area contributed by atoms with Crippen molar-refractivity contribution in [3.05, 3.63) is 64.7 Å². The third-order valence-corrected chi connectivity index (χ3v) is 8.39. The molecular weight excluding hydrogens is 428 g/mol. The van der Waals surface area contributed by atoms with E-state index in [2.05, 4.69) is 53.4 Å². The van der Waals surface area contributed by atoms with Gasteiger partial charge in [-0.25, -0.2) is 9.59 Å². The van der Waals surface area contributed by atoms with Gasteiger partial charge in [0, 0.05) is 8.07 Å². The molecule has 178 valence electrons. The average molecular weight is 467 g/mol. The highest BCUT2D eigenvalue weighted by atomic mass is 28.3. The zero-order valence-corrected chi connectivity index (χ0v) is 22.2. The highest BCUT2D eigenvalue weighted by Crippen LogP contribution is 2.45. The highest BCUT2D eigenvalue weighted by Gasteiger charge is 2.34. The van der Waals surface area contributed by atoms with Gasteiger partial charge in [-0.2, -0.15) is 0 Å². The minimum absolute atomic E-state index is 0.114. The Kier molecular flexibility index (Phi) is 7.52. The smallest absolute Gasteiger partial charge is 0.343 e. The van der Waals surface area contributed by atoms with E-state index < -0.39 is 8.07 Å². The van der Waals surface area contributed by atoms with Gasteiger partial charge < -0.3 is 9.47 Å². The summed E-state index contributed by atoms with van der Waals surface area (Å²) in [7, 11) is -1.25. The quantitative estimate of drug-likeness (QED) is 0.246. The topological polar surface area (TPSA) is 52.6 Å². The number of carbonyl (C=O) groups is 2. The zero-order valence-electron chi connectivity index (χ0n) is 21.2. The Labute approximate surface area is 199 Å². The van der Waals surface area contributed by atoms with Gasteiger partial charge in [0.25, 0.3) is 0 Å². The standard InChI is InChI=1S/C28H38O4Si/c1-19(2)23-14-15-28(3,4)25-13-10-21(18-24(23)25)27(30)32-22-11-8-20(9-12-22)26(29)31-16-17-33(5,6)7/h8-13,18-19,23H,14-17H2,1-7H3. The second kappa shape index (κ2) is 9.84. The van der Waals surface area contributed by atoms with Crippen molar-refractivity contribution in [1.82, 2.24) is 0 Å². The minimum atomic E-state index is -1.25. The maximum absolute atomic E-state index is 12.9. The van der Waals surface area contributed by atoms with Crippen LogP contribution in [-0.4, -0.2) is 26.6 Å². The van der Waals surface area contributed by atoms with Crippen LogP contribution in [0.1, 0.15) is 78.3 Å². The van der Waals surface area contributed by atoms with Crippen LogP contribution >= 0.6 is 0 Å². The lowest BCUT2D eigenvalue weighted by molar-refractivity contribution is 0.0525. The molecule has 0 aromatic heterocycles. The maximum atomic E-state index is 12.9. The van der Waals surface area contributed by atoms with Crippen molar-refractivity contribution >= 4 is 20.0 Å². The molecule has 5 heteroatoms. The lowest BCUT2D eigenvalue weighted by Crippen LogP contribution is -2.28. The molecule has 2 aromatic rings. The molecule has 0 bridgehead atoms. The summed E-state index contributed by atoms with van der Waals surface area (Å²) in [4.78, 5) is 25.1. The van der Waals surface area contributed by atoms with Crippen LogP contribution in [0.3, 0.4) is 0 Å². The van der Waals surface area contributed by atoms with Gasteiger partial charge in [-0.15, -0.1) is 0 Å². The molecule has 2 aromatic carbocycles. The fraction of sp³-hybridized carbons (Fsp3) is 0.500.